The molecule has 2 amide bonds. The van der Waals surface area contributed by atoms with Crippen LogP contribution in [0.4, 0.5) is 4.79 Å². The number of carbonyl (C=O) groups is 2. The van der Waals surface area contributed by atoms with Crippen molar-refractivity contribution in [2.75, 3.05) is 19.7 Å². The highest BCUT2D eigenvalue weighted by atomic mass is 35.5. The number of nitrogens with one attached hydrogen (secondary N) is 2. The van der Waals surface area contributed by atoms with Crippen molar-refractivity contribution < 1.29 is 24.2 Å². The normalized spacial score (nSPS) is 14.9. The van der Waals surface area contributed by atoms with Gasteiger partial charge in [-0.2, -0.15) is 0 Å². The molecule has 3 N–H and O–H groups in total. The topological polar surface area (TPSA) is 117 Å². The molecule has 6 rings (SSSR count). The van der Waals surface area contributed by atoms with Crippen LogP contribution < -0.4 is 14.8 Å². The number of hydrogen-bond donors (Lipinski definition) is 3. The van der Waals surface area contributed by atoms with Crippen molar-refractivity contribution in [2.24, 2.45) is 0 Å². The Balaban J connectivity index is 1.15. The van der Waals surface area contributed by atoms with Crippen molar-refractivity contribution in [3.05, 3.63) is 124 Å². The van der Waals surface area contributed by atoms with Crippen LogP contribution in [0.5, 0.6) is 11.5 Å². The Morgan fingerprint density at radius 3 is 2.53 bits per heavy atom. The van der Waals surface area contributed by atoms with Gasteiger partial charge < -0.3 is 24.9 Å². The fourth-order valence-electron chi connectivity index (χ4n) is 5.44. The number of halogens is 2. The van der Waals surface area contributed by atoms with Gasteiger partial charge in [0.05, 0.1) is 18.3 Å². The van der Waals surface area contributed by atoms with Gasteiger partial charge in [-0.25, -0.2) is 4.79 Å². The number of aliphatic hydroxyl groups is 1. The number of pyridine rings is 1. The molecule has 0 saturated carbocycles. The van der Waals surface area contributed by atoms with Crippen LogP contribution in [0.3, 0.4) is 0 Å². The number of aromatic nitrogens is 2. The number of aliphatic hydroxyl groups excluding tert-OH is 1. The molecule has 0 bridgehead atoms. The first-order valence-corrected chi connectivity index (χ1v) is 15.2. The van der Waals surface area contributed by atoms with Gasteiger partial charge in [-0.3, -0.25) is 14.7 Å². The van der Waals surface area contributed by atoms with Gasteiger partial charge in [-0.15, -0.1) is 0 Å². The summed E-state index contributed by atoms with van der Waals surface area (Å²) < 4.78 is 11.6. The first-order chi connectivity index (χ1) is 21.9. The van der Waals surface area contributed by atoms with Crippen LogP contribution in [-0.2, 0) is 6.42 Å². The zero-order chi connectivity index (χ0) is 31.3. The zero-order valence-corrected chi connectivity index (χ0v) is 25.6. The van der Waals surface area contributed by atoms with Gasteiger partial charge in [0.1, 0.15) is 17.5 Å². The minimum atomic E-state index is -0.777. The molecule has 3 aromatic carbocycles. The Kier molecular flexibility index (Phi) is 9.21. The SMILES string of the molecule is O=C(NCC(O)CCOc1ccc([C@H]2c3[nH]c4ccc(Cl)cc4c3CCN2C(=O)Oc2ccc(Cl)cc2)cc1)c1cccnc1. The molecule has 11 heteroatoms. The van der Waals surface area contributed by atoms with Crippen molar-refractivity contribution >= 4 is 46.1 Å². The summed E-state index contributed by atoms with van der Waals surface area (Å²) in [6.07, 6.45) is 2.76. The van der Waals surface area contributed by atoms with E-state index in [2.05, 4.69) is 15.3 Å². The summed E-state index contributed by atoms with van der Waals surface area (Å²) in [6, 6.07) is 22.8. The van der Waals surface area contributed by atoms with Crippen molar-refractivity contribution in [1.82, 2.24) is 20.2 Å². The van der Waals surface area contributed by atoms with Crippen LogP contribution in [-0.4, -0.2) is 57.8 Å². The van der Waals surface area contributed by atoms with Crippen molar-refractivity contribution in [3.8, 4) is 11.5 Å². The fraction of sp³-hybridized carbons (Fsp3) is 0.206. The van der Waals surface area contributed by atoms with Gasteiger partial charge in [0.15, 0.2) is 0 Å². The number of ether oxygens (including phenoxy) is 2. The molecule has 1 aliphatic heterocycles. The largest absolute Gasteiger partial charge is 0.493 e. The lowest BCUT2D eigenvalue weighted by Crippen LogP contribution is -2.42. The molecule has 45 heavy (non-hydrogen) atoms. The first kappa shape index (κ1) is 30.5. The predicted octanol–water partition coefficient (Wildman–Crippen LogP) is 6.58. The van der Waals surface area contributed by atoms with E-state index in [4.69, 9.17) is 32.7 Å². The monoisotopic (exact) mass is 644 g/mol. The lowest BCUT2D eigenvalue weighted by atomic mass is 9.92. The van der Waals surface area contributed by atoms with Gasteiger partial charge in [0.2, 0.25) is 0 Å². The van der Waals surface area contributed by atoms with Crippen LogP contribution in [0.25, 0.3) is 10.9 Å². The summed E-state index contributed by atoms with van der Waals surface area (Å²) in [4.78, 5) is 34.9. The third-order valence-electron chi connectivity index (χ3n) is 7.68. The number of rotatable bonds is 9. The molecule has 9 nitrogen and oxygen atoms in total. The maximum absolute atomic E-state index is 13.5. The highest BCUT2D eigenvalue weighted by molar-refractivity contribution is 6.31. The smallest absolute Gasteiger partial charge is 0.416 e. The van der Waals surface area contributed by atoms with E-state index in [1.807, 2.05) is 42.5 Å². The van der Waals surface area contributed by atoms with E-state index >= 15 is 0 Å². The molecule has 230 valence electrons. The number of nitrogens with zero attached hydrogens (tertiary/aromatic N) is 2. The molecule has 0 spiro atoms. The summed E-state index contributed by atoms with van der Waals surface area (Å²) in [5.41, 5.74) is 4.25. The van der Waals surface area contributed by atoms with Crippen LogP contribution >= 0.6 is 23.2 Å². The third kappa shape index (κ3) is 7.06. The molecule has 0 saturated heterocycles. The third-order valence-corrected chi connectivity index (χ3v) is 8.17. The highest BCUT2D eigenvalue weighted by Crippen LogP contribution is 2.40. The van der Waals surface area contributed by atoms with Crippen molar-refractivity contribution in [2.45, 2.75) is 25.0 Å². The number of amides is 2. The fourth-order valence-corrected chi connectivity index (χ4v) is 5.74. The zero-order valence-electron chi connectivity index (χ0n) is 24.1. The van der Waals surface area contributed by atoms with Gasteiger partial charge in [0, 0.05) is 58.5 Å². The molecule has 5 aromatic rings. The number of carbonyl (C=O) groups excluding carboxylic acids is 2. The Hall–Kier alpha value is -4.57. The van der Waals surface area contributed by atoms with E-state index in [0.717, 1.165) is 27.7 Å². The Labute approximate surface area is 269 Å². The summed E-state index contributed by atoms with van der Waals surface area (Å²) in [7, 11) is 0. The van der Waals surface area contributed by atoms with E-state index in [1.165, 1.54) is 6.20 Å². The quantitative estimate of drug-likeness (QED) is 0.167. The van der Waals surface area contributed by atoms with E-state index in [1.54, 1.807) is 47.5 Å². The maximum atomic E-state index is 13.5. The molecule has 2 atom stereocenters. The number of aromatic amines is 1. The van der Waals surface area contributed by atoms with Gasteiger partial charge in [-0.1, -0.05) is 35.3 Å². The number of H-pyrrole nitrogens is 1. The van der Waals surface area contributed by atoms with Crippen LogP contribution in [0.2, 0.25) is 10.0 Å². The standard InChI is InChI=1S/C34H30Cl2N4O5/c35-23-5-10-27(11-6-23)45-34(43)40-16-13-28-29-18-24(36)7-12-30(29)39-31(28)32(40)21-3-8-26(9-4-21)44-17-14-25(41)20-38-33(42)22-2-1-15-37-19-22/h1-12,15,18-19,25,32,39,41H,13-14,16-17,20H2,(H,38,42)/t25?,32-/m0/s1. The molecule has 1 unspecified atom stereocenters. The Morgan fingerprint density at radius 1 is 1.02 bits per heavy atom. The highest BCUT2D eigenvalue weighted by Gasteiger charge is 2.35. The molecule has 0 fully saturated rings. The first-order valence-electron chi connectivity index (χ1n) is 14.5. The second-order valence-electron chi connectivity index (χ2n) is 10.7. The second-order valence-corrected chi connectivity index (χ2v) is 11.6. The average Bonchev–Trinajstić information content (AvgIpc) is 3.43. The molecule has 2 aromatic heterocycles. The lowest BCUT2D eigenvalue weighted by Gasteiger charge is -2.35. The van der Waals surface area contributed by atoms with Crippen LogP contribution in [0.1, 0.15) is 39.6 Å². The minimum Gasteiger partial charge on any atom is -0.493 e. The van der Waals surface area contributed by atoms with E-state index in [9.17, 15) is 14.7 Å². The van der Waals surface area contributed by atoms with Gasteiger partial charge in [0.25, 0.3) is 5.91 Å². The van der Waals surface area contributed by atoms with Crippen molar-refractivity contribution in [3.63, 3.8) is 0 Å². The van der Waals surface area contributed by atoms with Gasteiger partial charge >= 0.3 is 6.09 Å². The van der Waals surface area contributed by atoms with E-state index in [-0.39, 0.29) is 19.1 Å². The summed E-state index contributed by atoms with van der Waals surface area (Å²) in [5, 5.41) is 15.3. The lowest BCUT2D eigenvalue weighted by molar-refractivity contribution is 0.0895. The molecular weight excluding hydrogens is 615 g/mol. The van der Waals surface area contributed by atoms with Crippen LogP contribution in [0.15, 0.2) is 91.3 Å². The number of fused-ring (bicyclic) bond motifs is 3. The minimum absolute atomic E-state index is 0.0949. The number of benzene rings is 3. The molecular formula is C34H30Cl2N4O5. The Morgan fingerprint density at radius 2 is 1.78 bits per heavy atom. The summed E-state index contributed by atoms with van der Waals surface area (Å²) in [6.45, 7) is 0.786. The molecule has 0 aliphatic carbocycles. The number of hydrogen-bond acceptors (Lipinski definition) is 6. The van der Waals surface area contributed by atoms with Crippen molar-refractivity contribution in [1.29, 1.82) is 0 Å². The second kappa shape index (κ2) is 13.6. The average molecular weight is 646 g/mol. The van der Waals surface area contributed by atoms with Gasteiger partial charge in [-0.05, 0) is 84.3 Å². The molecule has 1 aliphatic rings. The Bertz CT molecular complexity index is 1800. The van der Waals surface area contributed by atoms with Crippen LogP contribution in [0, 0.1) is 0 Å². The molecule has 0 radical (unpaired) electrons. The van der Waals surface area contributed by atoms with E-state index in [0.29, 0.717) is 46.5 Å². The summed E-state index contributed by atoms with van der Waals surface area (Å²) in [5.74, 6) is 0.716. The predicted molar refractivity (Wildman–Crippen MR) is 172 cm³/mol. The van der Waals surface area contributed by atoms with E-state index < -0.39 is 18.2 Å². The maximum Gasteiger partial charge on any atom is 0.416 e. The summed E-state index contributed by atoms with van der Waals surface area (Å²) >= 11 is 12.3. The molecule has 3 heterocycles.